The van der Waals surface area contributed by atoms with E-state index in [0.717, 1.165) is 11.1 Å². The second kappa shape index (κ2) is 8.35. The minimum absolute atomic E-state index is 0.0455. The first-order chi connectivity index (χ1) is 13.3. The summed E-state index contributed by atoms with van der Waals surface area (Å²) >= 11 is 12.4. The standard InChI is InChI=1S/C21H20Cl2N2O3/c1-12-8-19-14(9-16(12)23)18(26)10-20(28-19)21(27)24-11-17(25(2)3)13-6-4-5-7-15(13)22/h4-10,17H,11H2,1-3H3,(H,24,27)/t17-/m1/s1. The summed E-state index contributed by atoms with van der Waals surface area (Å²) in [6, 6.07) is 11.7. The van der Waals surface area contributed by atoms with Crippen LogP contribution in [0, 0.1) is 6.92 Å². The summed E-state index contributed by atoms with van der Waals surface area (Å²) in [6.07, 6.45) is 0. The van der Waals surface area contributed by atoms with Gasteiger partial charge in [0.2, 0.25) is 0 Å². The molecule has 0 aliphatic heterocycles. The summed E-state index contributed by atoms with van der Waals surface area (Å²) in [4.78, 5) is 26.9. The molecule has 0 radical (unpaired) electrons. The highest BCUT2D eigenvalue weighted by Gasteiger charge is 2.20. The minimum atomic E-state index is -0.467. The number of fused-ring (bicyclic) bond motifs is 1. The molecule has 0 aliphatic carbocycles. The first-order valence-corrected chi connectivity index (χ1v) is 9.46. The molecule has 3 aromatic rings. The highest BCUT2D eigenvalue weighted by atomic mass is 35.5. The lowest BCUT2D eigenvalue weighted by Crippen LogP contribution is -2.35. The predicted molar refractivity (Wildman–Crippen MR) is 112 cm³/mol. The Morgan fingerprint density at radius 2 is 1.86 bits per heavy atom. The van der Waals surface area contributed by atoms with Gasteiger partial charge in [-0.05, 0) is 50.3 Å². The number of halogens is 2. The highest BCUT2D eigenvalue weighted by molar-refractivity contribution is 6.32. The van der Waals surface area contributed by atoms with E-state index in [1.807, 2.05) is 43.3 Å². The fraction of sp³-hybridized carbons (Fsp3) is 0.238. The predicted octanol–water partition coefficient (Wildman–Crippen LogP) is 4.44. The zero-order chi connectivity index (χ0) is 20.4. The Morgan fingerprint density at radius 1 is 1.14 bits per heavy atom. The second-order valence-corrected chi connectivity index (χ2v) is 7.60. The number of hydrogen-bond acceptors (Lipinski definition) is 4. The lowest BCUT2D eigenvalue weighted by molar-refractivity contribution is 0.0914. The summed E-state index contributed by atoms with van der Waals surface area (Å²) in [5.74, 6) is -0.513. The van der Waals surface area contributed by atoms with Crippen LogP contribution in [0.25, 0.3) is 11.0 Å². The van der Waals surface area contributed by atoms with Crippen LogP contribution >= 0.6 is 23.2 Å². The number of rotatable bonds is 5. The molecule has 0 aliphatic rings. The Kier molecular flexibility index (Phi) is 6.08. The van der Waals surface area contributed by atoms with Crippen molar-refractivity contribution in [1.82, 2.24) is 10.2 Å². The van der Waals surface area contributed by atoms with E-state index in [9.17, 15) is 9.59 Å². The molecule has 0 unspecified atom stereocenters. The van der Waals surface area contributed by atoms with Crippen LogP contribution in [0.3, 0.4) is 0 Å². The van der Waals surface area contributed by atoms with E-state index in [1.165, 1.54) is 6.07 Å². The van der Waals surface area contributed by atoms with Crippen LogP contribution in [0.2, 0.25) is 10.0 Å². The van der Waals surface area contributed by atoms with Gasteiger partial charge in [-0.2, -0.15) is 0 Å². The van der Waals surface area contributed by atoms with Crippen LogP contribution in [-0.2, 0) is 0 Å². The maximum atomic E-state index is 12.6. The molecule has 146 valence electrons. The largest absolute Gasteiger partial charge is 0.451 e. The van der Waals surface area contributed by atoms with Crippen molar-refractivity contribution in [2.45, 2.75) is 13.0 Å². The van der Waals surface area contributed by atoms with Crippen molar-refractivity contribution < 1.29 is 9.21 Å². The van der Waals surface area contributed by atoms with Gasteiger partial charge in [-0.15, -0.1) is 0 Å². The molecule has 1 atom stereocenters. The molecule has 3 rings (SSSR count). The average Bonchev–Trinajstić information content (AvgIpc) is 2.64. The minimum Gasteiger partial charge on any atom is -0.451 e. The van der Waals surface area contributed by atoms with E-state index in [0.29, 0.717) is 27.6 Å². The number of benzene rings is 2. The van der Waals surface area contributed by atoms with E-state index >= 15 is 0 Å². The quantitative estimate of drug-likeness (QED) is 0.664. The van der Waals surface area contributed by atoms with Gasteiger partial charge in [-0.3, -0.25) is 9.59 Å². The molecule has 0 spiro atoms. The lowest BCUT2D eigenvalue weighted by atomic mass is 10.1. The van der Waals surface area contributed by atoms with E-state index in [1.54, 1.807) is 19.1 Å². The van der Waals surface area contributed by atoms with Crippen molar-refractivity contribution in [2.75, 3.05) is 20.6 Å². The van der Waals surface area contributed by atoms with Crippen LogP contribution in [0.5, 0.6) is 0 Å². The van der Waals surface area contributed by atoms with Crippen molar-refractivity contribution in [3.05, 3.63) is 79.6 Å². The second-order valence-electron chi connectivity index (χ2n) is 6.78. The molecule has 0 fully saturated rings. The Hall–Kier alpha value is -2.34. The molecule has 5 nitrogen and oxygen atoms in total. The van der Waals surface area contributed by atoms with Gasteiger partial charge < -0.3 is 14.6 Å². The van der Waals surface area contributed by atoms with Gasteiger partial charge in [0, 0.05) is 22.7 Å². The third-order valence-corrected chi connectivity index (χ3v) is 5.33. The number of hydrogen-bond donors (Lipinski definition) is 1. The zero-order valence-corrected chi connectivity index (χ0v) is 17.3. The molecule has 0 saturated carbocycles. The Bertz CT molecular complexity index is 1090. The van der Waals surface area contributed by atoms with Gasteiger partial charge in [0.15, 0.2) is 11.2 Å². The van der Waals surface area contributed by atoms with Crippen molar-refractivity contribution >= 4 is 40.1 Å². The first kappa shape index (κ1) is 20.4. The number of carbonyl (C=O) groups excluding carboxylic acids is 1. The average molecular weight is 419 g/mol. The summed E-state index contributed by atoms with van der Waals surface area (Å²) in [5.41, 5.74) is 1.68. The van der Waals surface area contributed by atoms with Crippen LogP contribution in [0.15, 0.2) is 51.7 Å². The van der Waals surface area contributed by atoms with Gasteiger partial charge in [0.25, 0.3) is 5.91 Å². The van der Waals surface area contributed by atoms with E-state index in [2.05, 4.69) is 5.32 Å². The number of carbonyl (C=O) groups is 1. The highest BCUT2D eigenvalue weighted by Crippen LogP contribution is 2.26. The Labute approximate surface area is 172 Å². The maximum Gasteiger partial charge on any atom is 0.287 e. The summed E-state index contributed by atoms with van der Waals surface area (Å²) in [6.45, 7) is 2.11. The fourth-order valence-electron chi connectivity index (χ4n) is 2.98. The number of nitrogens with one attached hydrogen (secondary N) is 1. The molecule has 1 aromatic heterocycles. The van der Waals surface area contributed by atoms with E-state index < -0.39 is 5.91 Å². The lowest BCUT2D eigenvalue weighted by Gasteiger charge is -2.25. The molecule has 1 heterocycles. The number of aryl methyl sites for hydroxylation is 1. The summed E-state index contributed by atoms with van der Waals surface area (Å²) < 4.78 is 5.65. The van der Waals surface area contributed by atoms with Crippen molar-refractivity contribution in [3.8, 4) is 0 Å². The normalized spacial score (nSPS) is 12.4. The number of amides is 1. The summed E-state index contributed by atoms with van der Waals surface area (Å²) in [7, 11) is 3.81. The zero-order valence-electron chi connectivity index (χ0n) is 15.8. The Balaban J connectivity index is 1.85. The van der Waals surface area contributed by atoms with Gasteiger partial charge >= 0.3 is 0 Å². The third kappa shape index (κ3) is 4.22. The molecule has 0 saturated heterocycles. The molecular weight excluding hydrogens is 399 g/mol. The van der Waals surface area contributed by atoms with Gasteiger partial charge in [0.1, 0.15) is 5.58 Å². The Morgan fingerprint density at radius 3 is 2.54 bits per heavy atom. The third-order valence-electron chi connectivity index (χ3n) is 4.58. The summed E-state index contributed by atoms with van der Waals surface area (Å²) in [5, 5.41) is 4.27. The monoisotopic (exact) mass is 418 g/mol. The number of likely N-dealkylation sites (N-methyl/N-ethyl adjacent to an activating group) is 1. The van der Waals surface area contributed by atoms with Gasteiger partial charge in [-0.25, -0.2) is 0 Å². The van der Waals surface area contributed by atoms with Gasteiger partial charge in [0.05, 0.1) is 11.4 Å². The maximum absolute atomic E-state index is 12.6. The first-order valence-electron chi connectivity index (χ1n) is 8.71. The number of nitrogens with zero attached hydrogens (tertiary/aromatic N) is 1. The molecular formula is C21H20Cl2N2O3. The van der Waals surface area contributed by atoms with Crippen LogP contribution in [0.4, 0.5) is 0 Å². The molecule has 2 aromatic carbocycles. The topological polar surface area (TPSA) is 62.6 Å². The van der Waals surface area contributed by atoms with Crippen LogP contribution < -0.4 is 10.7 Å². The molecule has 1 amide bonds. The molecule has 0 bridgehead atoms. The smallest absolute Gasteiger partial charge is 0.287 e. The molecule has 7 heteroatoms. The fourth-order valence-corrected chi connectivity index (χ4v) is 3.41. The van der Waals surface area contributed by atoms with E-state index in [-0.39, 0.29) is 17.2 Å². The van der Waals surface area contributed by atoms with Crippen LogP contribution in [-0.4, -0.2) is 31.4 Å². The van der Waals surface area contributed by atoms with Crippen molar-refractivity contribution in [2.24, 2.45) is 0 Å². The SMILES string of the molecule is Cc1cc2oc(C(=O)NC[C@H](c3ccccc3Cl)N(C)C)cc(=O)c2cc1Cl. The molecule has 1 N–H and O–H groups in total. The van der Waals surface area contributed by atoms with Crippen molar-refractivity contribution in [1.29, 1.82) is 0 Å². The van der Waals surface area contributed by atoms with Crippen LogP contribution in [0.1, 0.15) is 27.7 Å². The van der Waals surface area contributed by atoms with Gasteiger partial charge in [-0.1, -0.05) is 41.4 Å². The molecule has 28 heavy (non-hydrogen) atoms. The van der Waals surface area contributed by atoms with Crippen molar-refractivity contribution in [3.63, 3.8) is 0 Å². The van der Waals surface area contributed by atoms with E-state index in [4.69, 9.17) is 27.6 Å².